The largest absolute Gasteiger partial charge is 0.383 e. The molecule has 0 aromatic carbocycles. The van der Waals surface area contributed by atoms with Crippen LogP contribution >= 0.6 is 0 Å². The lowest BCUT2D eigenvalue weighted by Crippen LogP contribution is -2.56. The Morgan fingerprint density at radius 3 is 2.57 bits per heavy atom. The monoisotopic (exact) mass is 298 g/mol. The van der Waals surface area contributed by atoms with Crippen molar-refractivity contribution < 1.29 is 4.74 Å². The van der Waals surface area contributed by atoms with Crippen molar-refractivity contribution in [2.45, 2.75) is 84.3 Å². The van der Waals surface area contributed by atoms with Crippen molar-refractivity contribution in [3.05, 3.63) is 0 Å². The molecular formula is C18H38N2O. The summed E-state index contributed by atoms with van der Waals surface area (Å²) in [6.45, 7) is 12.4. The van der Waals surface area contributed by atoms with Crippen molar-refractivity contribution in [3.8, 4) is 0 Å². The first-order valence-corrected chi connectivity index (χ1v) is 9.15. The second kappa shape index (κ2) is 10.6. The molecule has 1 aliphatic carbocycles. The zero-order chi connectivity index (χ0) is 15.7. The van der Waals surface area contributed by atoms with Crippen LogP contribution in [-0.4, -0.2) is 49.8 Å². The van der Waals surface area contributed by atoms with Crippen LogP contribution < -0.4 is 5.32 Å². The molecule has 0 aromatic rings. The summed E-state index contributed by atoms with van der Waals surface area (Å²) in [7, 11) is 1.82. The molecule has 0 saturated heterocycles. The van der Waals surface area contributed by atoms with Crippen LogP contribution in [0.5, 0.6) is 0 Å². The van der Waals surface area contributed by atoms with Gasteiger partial charge in [-0.25, -0.2) is 0 Å². The van der Waals surface area contributed by atoms with E-state index in [4.69, 9.17) is 4.74 Å². The molecule has 0 heterocycles. The van der Waals surface area contributed by atoms with Gasteiger partial charge in [0.05, 0.1) is 6.61 Å². The molecule has 0 spiro atoms. The minimum atomic E-state index is 0.645. The highest BCUT2D eigenvalue weighted by molar-refractivity contribution is 4.92. The first kappa shape index (κ1) is 18.9. The van der Waals surface area contributed by atoms with Crippen LogP contribution in [0.3, 0.4) is 0 Å². The van der Waals surface area contributed by atoms with Gasteiger partial charge in [0.25, 0.3) is 0 Å². The third-order valence-electron chi connectivity index (χ3n) is 5.30. The zero-order valence-electron chi connectivity index (χ0n) is 15.0. The van der Waals surface area contributed by atoms with Crippen LogP contribution in [0.15, 0.2) is 0 Å². The van der Waals surface area contributed by atoms with Gasteiger partial charge in [0.15, 0.2) is 0 Å². The lowest BCUT2D eigenvalue weighted by atomic mass is 9.79. The van der Waals surface area contributed by atoms with Crippen LogP contribution in [0.2, 0.25) is 0 Å². The predicted molar refractivity (Wildman–Crippen MR) is 91.8 cm³/mol. The van der Waals surface area contributed by atoms with Gasteiger partial charge in [0.2, 0.25) is 0 Å². The number of nitrogens with zero attached hydrogens (tertiary/aromatic N) is 1. The van der Waals surface area contributed by atoms with E-state index in [1.165, 1.54) is 38.5 Å². The number of methoxy groups -OCH3 is 1. The minimum Gasteiger partial charge on any atom is -0.383 e. The lowest BCUT2D eigenvalue weighted by molar-refractivity contribution is 0.0397. The maximum atomic E-state index is 5.37. The molecule has 21 heavy (non-hydrogen) atoms. The maximum absolute atomic E-state index is 5.37. The Morgan fingerprint density at radius 1 is 1.24 bits per heavy atom. The number of ether oxygens (including phenoxy) is 1. The summed E-state index contributed by atoms with van der Waals surface area (Å²) in [6, 6.07) is 1.99. The van der Waals surface area contributed by atoms with Gasteiger partial charge in [-0.05, 0) is 51.5 Å². The molecule has 3 nitrogen and oxygen atoms in total. The second-order valence-electron chi connectivity index (χ2n) is 6.70. The lowest BCUT2D eigenvalue weighted by Gasteiger charge is -2.45. The van der Waals surface area contributed by atoms with Gasteiger partial charge in [-0.3, -0.25) is 4.90 Å². The molecule has 4 unspecified atom stereocenters. The molecule has 126 valence electrons. The van der Waals surface area contributed by atoms with Crippen LogP contribution in [0.25, 0.3) is 0 Å². The highest BCUT2D eigenvalue weighted by Crippen LogP contribution is 2.31. The van der Waals surface area contributed by atoms with Crippen molar-refractivity contribution in [1.29, 1.82) is 0 Å². The third kappa shape index (κ3) is 5.88. The Kier molecular flexibility index (Phi) is 9.54. The van der Waals surface area contributed by atoms with E-state index in [1.807, 2.05) is 7.11 Å². The summed E-state index contributed by atoms with van der Waals surface area (Å²) in [5, 5.41) is 3.82. The van der Waals surface area contributed by atoms with Crippen LogP contribution in [0, 0.1) is 5.92 Å². The molecule has 1 rings (SSSR count). The molecule has 1 fully saturated rings. The predicted octanol–water partition coefficient (Wildman–Crippen LogP) is 3.68. The summed E-state index contributed by atoms with van der Waals surface area (Å²) in [6.07, 6.45) is 7.86. The molecular weight excluding hydrogens is 260 g/mol. The third-order valence-corrected chi connectivity index (χ3v) is 5.30. The summed E-state index contributed by atoms with van der Waals surface area (Å²) >= 11 is 0. The average molecular weight is 299 g/mol. The average Bonchev–Trinajstić information content (AvgIpc) is 2.53. The minimum absolute atomic E-state index is 0.645. The summed E-state index contributed by atoms with van der Waals surface area (Å²) < 4.78 is 5.37. The van der Waals surface area contributed by atoms with E-state index in [2.05, 4.69) is 37.9 Å². The number of rotatable bonds is 10. The van der Waals surface area contributed by atoms with E-state index in [0.717, 1.165) is 25.6 Å². The fourth-order valence-corrected chi connectivity index (χ4v) is 3.68. The Labute approximate surface area is 132 Å². The van der Waals surface area contributed by atoms with Gasteiger partial charge in [-0.2, -0.15) is 0 Å². The molecule has 0 aromatic heterocycles. The molecule has 1 N–H and O–H groups in total. The standard InChI is InChI=1S/C18H38N2O/c1-6-11-19-17-10-9-16(8-3)14-18(17)20(12-13-21-5)15(4)7-2/h15-19H,6-14H2,1-5H3. The van der Waals surface area contributed by atoms with Gasteiger partial charge in [0, 0.05) is 31.8 Å². The number of nitrogens with one attached hydrogen (secondary N) is 1. The summed E-state index contributed by atoms with van der Waals surface area (Å²) in [4.78, 5) is 2.72. The highest BCUT2D eigenvalue weighted by atomic mass is 16.5. The van der Waals surface area contributed by atoms with E-state index in [1.54, 1.807) is 0 Å². The number of hydrogen-bond acceptors (Lipinski definition) is 3. The Bertz CT molecular complexity index is 260. The topological polar surface area (TPSA) is 24.5 Å². The van der Waals surface area contributed by atoms with Gasteiger partial charge >= 0.3 is 0 Å². The molecule has 4 atom stereocenters. The van der Waals surface area contributed by atoms with E-state index in [9.17, 15) is 0 Å². The summed E-state index contributed by atoms with van der Waals surface area (Å²) in [5.74, 6) is 0.906. The quantitative estimate of drug-likeness (QED) is 0.666. The molecule has 1 saturated carbocycles. The first-order valence-electron chi connectivity index (χ1n) is 9.15. The van der Waals surface area contributed by atoms with Gasteiger partial charge in [-0.1, -0.05) is 27.2 Å². The summed E-state index contributed by atoms with van der Waals surface area (Å²) in [5.41, 5.74) is 0. The smallest absolute Gasteiger partial charge is 0.0589 e. The normalized spacial score (nSPS) is 28.0. The van der Waals surface area contributed by atoms with Gasteiger partial charge in [-0.15, -0.1) is 0 Å². The van der Waals surface area contributed by atoms with E-state index >= 15 is 0 Å². The van der Waals surface area contributed by atoms with E-state index in [-0.39, 0.29) is 0 Å². The first-order chi connectivity index (χ1) is 10.2. The van der Waals surface area contributed by atoms with Crippen LogP contribution in [-0.2, 0) is 4.74 Å². The molecule has 0 radical (unpaired) electrons. The second-order valence-corrected chi connectivity index (χ2v) is 6.70. The number of hydrogen-bond donors (Lipinski definition) is 1. The van der Waals surface area contributed by atoms with Gasteiger partial charge < -0.3 is 10.1 Å². The van der Waals surface area contributed by atoms with E-state index in [0.29, 0.717) is 18.1 Å². The van der Waals surface area contributed by atoms with Crippen LogP contribution in [0.1, 0.15) is 66.2 Å². The Morgan fingerprint density at radius 2 is 2.00 bits per heavy atom. The molecule has 0 bridgehead atoms. The van der Waals surface area contributed by atoms with Crippen molar-refractivity contribution in [2.24, 2.45) is 5.92 Å². The van der Waals surface area contributed by atoms with Gasteiger partial charge in [0.1, 0.15) is 0 Å². The maximum Gasteiger partial charge on any atom is 0.0589 e. The Balaban J connectivity index is 2.78. The van der Waals surface area contributed by atoms with Crippen molar-refractivity contribution in [3.63, 3.8) is 0 Å². The molecule has 0 aliphatic heterocycles. The fraction of sp³-hybridized carbons (Fsp3) is 1.00. The van der Waals surface area contributed by atoms with Crippen molar-refractivity contribution >= 4 is 0 Å². The van der Waals surface area contributed by atoms with Crippen molar-refractivity contribution in [2.75, 3.05) is 26.8 Å². The molecule has 3 heteroatoms. The molecule has 1 aliphatic rings. The molecule has 0 amide bonds. The van der Waals surface area contributed by atoms with Crippen LogP contribution in [0.4, 0.5) is 0 Å². The Hall–Kier alpha value is -0.120. The van der Waals surface area contributed by atoms with Crippen molar-refractivity contribution in [1.82, 2.24) is 10.2 Å². The fourth-order valence-electron chi connectivity index (χ4n) is 3.68. The SMILES string of the molecule is CCCNC1CCC(CC)CC1N(CCOC)C(C)CC. The van der Waals surface area contributed by atoms with E-state index < -0.39 is 0 Å². The zero-order valence-corrected chi connectivity index (χ0v) is 15.0. The highest BCUT2D eigenvalue weighted by Gasteiger charge is 2.34.